The molecule has 0 saturated carbocycles. The largest absolute Gasteiger partial charge is 0.346 e. The third kappa shape index (κ3) is 3.63. The van der Waals surface area contributed by atoms with E-state index in [-0.39, 0.29) is 0 Å². The number of hydrogen-bond acceptors (Lipinski definition) is 1. The second-order valence-electron chi connectivity index (χ2n) is 0.769. The first-order chi connectivity index (χ1) is 2.91. The fraction of sp³-hybridized carbons (Fsp3) is 0.500. The normalized spacial score (nSPS) is 8.17. The molecule has 0 aliphatic rings. The predicted molar refractivity (Wildman–Crippen MR) is 22.1 cm³/mol. The average Bonchev–Trinajstić information content (AvgIpc) is 1.61. The van der Waals surface area contributed by atoms with Crippen LogP contribution in [0.4, 0.5) is 4.39 Å². The zero-order valence-electron chi connectivity index (χ0n) is 3.48. The minimum atomic E-state index is -0.716. The van der Waals surface area contributed by atoms with Crippen molar-refractivity contribution >= 4 is 0 Å². The average molecular weight is 90.1 g/mol. The van der Waals surface area contributed by atoms with Crippen LogP contribution in [0.15, 0.2) is 12.7 Å². The van der Waals surface area contributed by atoms with Gasteiger partial charge >= 0.3 is 0 Å². The lowest BCUT2D eigenvalue weighted by Gasteiger charge is -1.85. The second kappa shape index (κ2) is 4.63. The van der Waals surface area contributed by atoms with Crippen LogP contribution >= 0.6 is 0 Å². The van der Waals surface area contributed by atoms with Gasteiger partial charge in [-0.15, -0.1) is 6.58 Å². The molecule has 0 unspecified atom stereocenters. The van der Waals surface area contributed by atoms with Gasteiger partial charge in [0.1, 0.15) is 0 Å². The van der Waals surface area contributed by atoms with Crippen LogP contribution in [0.1, 0.15) is 0 Å². The lowest BCUT2D eigenvalue weighted by atomic mass is 10.7. The van der Waals surface area contributed by atoms with E-state index in [9.17, 15) is 4.39 Å². The Labute approximate surface area is 36.4 Å². The van der Waals surface area contributed by atoms with Crippen LogP contribution in [0.2, 0.25) is 0 Å². The quantitative estimate of drug-likeness (QED) is 0.372. The van der Waals surface area contributed by atoms with Crippen LogP contribution in [0.25, 0.3) is 0 Å². The predicted octanol–water partition coefficient (Wildman–Crippen LogP) is 1.12. The molecule has 0 atom stereocenters. The molecule has 0 aromatic heterocycles. The van der Waals surface area contributed by atoms with Crippen molar-refractivity contribution in [1.82, 2.24) is 0 Å². The second-order valence-corrected chi connectivity index (χ2v) is 0.769. The van der Waals surface area contributed by atoms with Crippen molar-refractivity contribution in [2.24, 2.45) is 0 Å². The van der Waals surface area contributed by atoms with Gasteiger partial charge in [0.15, 0.2) is 6.86 Å². The Balaban J connectivity index is 2.49. The summed E-state index contributed by atoms with van der Waals surface area (Å²) in [6.45, 7) is 2.89. The highest BCUT2D eigenvalue weighted by molar-refractivity contribution is 4.62. The van der Waals surface area contributed by atoms with Crippen molar-refractivity contribution < 1.29 is 9.13 Å². The summed E-state index contributed by atoms with van der Waals surface area (Å²) in [5.74, 6) is 0. The summed E-state index contributed by atoms with van der Waals surface area (Å²) in [6, 6.07) is 0. The van der Waals surface area contributed by atoms with E-state index < -0.39 is 6.86 Å². The Hall–Kier alpha value is -0.370. The molecular formula is C4H7FO. The van der Waals surface area contributed by atoms with E-state index >= 15 is 0 Å². The van der Waals surface area contributed by atoms with Crippen molar-refractivity contribution in [2.45, 2.75) is 0 Å². The maximum absolute atomic E-state index is 10.9. The molecule has 0 rings (SSSR count). The number of alkyl halides is 1. The van der Waals surface area contributed by atoms with Gasteiger partial charge in [-0.3, -0.25) is 0 Å². The van der Waals surface area contributed by atoms with Crippen molar-refractivity contribution in [3.05, 3.63) is 12.7 Å². The third-order valence-corrected chi connectivity index (χ3v) is 0.313. The molecule has 0 radical (unpaired) electrons. The summed E-state index contributed by atoms with van der Waals surface area (Å²) in [5.41, 5.74) is 0. The topological polar surface area (TPSA) is 9.23 Å². The molecule has 0 aromatic rings. The first kappa shape index (κ1) is 5.63. The van der Waals surface area contributed by atoms with Gasteiger partial charge in [0.2, 0.25) is 0 Å². The summed E-state index contributed by atoms with van der Waals surface area (Å²) in [7, 11) is 0. The van der Waals surface area contributed by atoms with E-state index in [0.717, 1.165) is 0 Å². The van der Waals surface area contributed by atoms with Crippen LogP contribution in [0, 0.1) is 0 Å². The van der Waals surface area contributed by atoms with Gasteiger partial charge < -0.3 is 4.74 Å². The zero-order valence-corrected chi connectivity index (χ0v) is 3.48. The standard InChI is InChI=1S/C4H7FO/c1-2-3-6-4-5/h2H,1,3-4H2. The lowest BCUT2D eigenvalue weighted by Crippen LogP contribution is -1.84. The van der Waals surface area contributed by atoms with Crippen LogP contribution in [0.5, 0.6) is 0 Å². The maximum Gasteiger partial charge on any atom is 0.188 e. The van der Waals surface area contributed by atoms with E-state index in [2.05, 4.69) is 11.3 Å². The molecule has 0 aliphatic heterocycles. The molecule has 0 N–H and O–H groups in total. The van der Waals surface area contributed by atoms with Crippen LogP contribution in [-0.4, -0.2) is 13.5 Å². The van der Waals surface area contributed by atoms with Crippen molar-refractivity contribution in [1.29, 1.82) is 0 Å². The van der Waals surface area contributed by atoms with E-state index in [1.165, 1.54) is 6.08 Å². The highest BCUT2D eigenvalue weighted by Crippen LogP contribution is 1.71. The van der Waals surface area contributed by atoms with E-state index in [4.69, 9.17) is 0 Å². The Morgan fingerprint density at radius 3 is 2.67 bits per heavy atom. The van der Waals surface area contributed by atoms with Gasteiger partial charge in [-0.1, -0.05) is 6.08 Å². The Kier molecular flexibility index (Phi) is 4.34. The van der Waals surface area contributed by atoms with Crippen LogP contribution < -0.4 is 0 Å². The number of ether oxygens (including phenoxy) is 1. The van der Waals surface area contributed by atoms with Crippen molar-refractivity contribution in [3.63, 3.8) is 0 Å². The Bertz CT molecular complexity index is 36.5. The lowest BCUT2D eigenvalue weighted by molar-refractivity contribution is 0.0779. The highest BCUT2D eigenvalue weighted by atomic mass is 19.1. The van der Waals surface area contributed by atoms with Crippen molar-refractivity contribution in [2.75, 3.05) is 13.5 Å². The van der Waals surface area contributed by atoms with Gasteiger partial charge in [-0.25, -0.2) is 4.39 Å². The van der Waals surface area contributed by atoms with Crippen LogP contribution in [-0.2, 0) is 4.74 Å². The Morgan fingerprint density at radius 1 is 1.83 bits per heavy atom. The first-order valence-electron chi connectivity index (χ1n) is 1.66. The van der Waals surface area contributed by atoms with E-state index in [1.807, 2.05) is 0 Å². The van der Waals surface area contributed by atoms with Gasteiger partial charge in [-0.05, 0) is 0 Å². The fourth-order valence-electron chi connectivity index (χ4n) is 0.128. The SMILES string of the molecule is C=CCOCF. The highest BCUT2D eigenvalue weighted by Gasteiger charge is 1.70. The summed E-state index contributed by atoms with van der Waals surface area (Å²) in [4.78, 5) is 0. The van der Waals surface area contributed by atoms with E-state index in [1.54, 1.807) is 0 Å². The molecule has 0 fully saturated rings. The van der Waals surface area contributed by atoms with Gasteiger partial charge in [0, 0.05) is 0 Å². The molecule has 6 heavy (non-hydrogen) atoms. The first-order valence-corrected chi connectivity index (χ1v) is 1.66. The van der Waals surface area contributed by atoms with Crippen molar-refractivity contribution in [3.8, 4) is 0 Å². The molecule has 0 saturated heterocycles. The summed E-state index contributed by atoms with van der Waals surface area (Å²) in [5, 5.41) is 0. The van der Waals surface area contributed by atoms with Crippen LogP contribution in [0.3, 0.4) is 0 Å². The molecule has 0 bridgehead atoms. The summed E-state index contributed by atoms with van der Waals surface area (Å²) >= 11 is 0. The van der Waals surface area contributed by atoms with Gasteiger partial charge in [0.05, 0.1) is 6.61 Å². The molecule has 36 valence electrons. The third-order valence-electron chi connectivity index (χ3n) is 0.313. The molecule has 0 amide bonds. The molecule has 0 aliphatic carbocycles. The molecule has 2 heteroatoms. The molecular weight excluding hydrogens is 83.0 g/mol. The minimum Gasteiger partial charge on any atom is -0.346 e. The Morgan fingerprint density at radius 2 is 2.50 bits per heavy atom. The molecule has 0 heterocycles. The molecule has 1 nitrogen and oxygen atoms in total. The summed E-state index contributed by atoms with van der Waals surface area (Å²) < 4.78 is 15.1. The van der Waals surface area contributed by atoms with Gasteiger partial charge in [0.25, 0.3) is 0 Å². The summed E-state index contributed by atoms with van der Waals surface area (Å²) in [6.07, 6.45) is 1.50. The number of hydrogen-bond donors (Lipinski definition) is 0. The minimum absolute atomic E-state index is 0.302. The van der Waals surface area contributed by atoms with E-state index in [0.29, 0.717) is 6.61 Å². The monoisotopic (exact) mass is 90.0 g/mol. The zero-order chi connectivity index (χ0) is 4.83. The maximum atomic E-state index is 10.9. The fourth-order valence-corrected chi connectivity index (χ4v) is 0.128. The van der Waals surface area contributed by atoms with Gasteiger partial charge in [-0.2, -0.15) is 0 Å². The smallest absolute Gasteiger partial charge is 0.188 e. The molecule has 0 aromatic carbocycles. The molecule has 0 spiro atoms. The number of halogens is 1. The number of rotatable bonds is 3.